The van der Waals surface area contributed by atoms with Crippen LogP contribution < -0.4 is 0 Å². The van der Waals surface area contributed by atoms with Gasteiger partial charge in [-0.25, -0.2) is 4.39 Å². The average molecular weight is 312 g/mol. The van der Waals surface area contributed by atoms with E-state index in [0.29, 0.717) is 12.1 Å². The third-order valence-electron chi connectivity index (χ3n) is 2.67. The largest absolute Gasteiger partial charge is 0.298 e. The highest BCUT2D eigenvalue weighted by molar-refractivity contribution is 9.10. The van der Waals surface area contributed by atoms with Crippen LogP contribution in [0.2, 0.25) is 0 Å². The standard InChI is InChI=1S/C13H15BrFN3/c1-17(7-10-6-16-18(2)8-10)9-11-3-4-12(14)5-13(11)15/h3-6,8H,7,9H2,1-2H3. The van der Waals surface area contributed by atoms with Gasteiger partial charge < -0.3 is 0 Å². The summed E-state index contributed by atoms with van der Waals surface area (Å²) < 4.78 is 16.2. The first-order valence-electron chi connectivity index (χ1n) is 5.64. The van der Waals surface area contributed by atoms with Crippen molar-refractivity contribution in [3.05, 3.63) is 52.0 Å². The van der Waals surface area contributed by atoms with Gasteiger partial charge in [-0.3, -0.25) is 9.58 Å². The fourth-order valence-corrected chi connectivity index (χ4v) is 2.19. The Morgan fingerprint density at radius 3 is 2.78 bits per heavy atom. The molecule has 0 saturated carbocycles. The summed E-state index contributed by atoms with van der Waals surface area (Å²) in [7, 11) is 3.85. The first kappa shape index (κ1) is 13.2. The van der Waals surface area contributed by atoms with Crippen LogP contribution in [0.4, 0.5) is 4.39 Å². The average Bonchev–Trinajstić information content (AvgIpc) is 2.68. The van der Waals surface area contributed by atoms with Crippen molar-refractivity contribution in [2.45, 2.75) is 13.1 Å². The predicted octanol–water partition coefficient (Wildman–Crippen LogP) is 2.95. The molecule has 0 fully saturated rings. The molecule has 0 aliphatic carbocycles. The number of rotatable bonds is 4. The first-order valence-corrected chi connectivity index (χ1v) is 6.44. The molecular formula is C13H15BrFN3. The fourth-order valence-electron chi connectivity index (χ4n) is 1.86. The van der Waals surface area contributed by atoms with Gasteiger partial charge in [0.25, 0.3) is 0 Å². The summed E-state index contributed by atoms with van der Waals surface area (Å²) in [6.45, 7) is 1.33. The van der Waals surface area contributed by atoms with Gasteiger partial charge in [-0.2, -0.15) is 5.10 Å². The van der Waals surface area contributed by atoms with Gasteiger partial charge in [0.15, 0.2) is 0 Å². The zero-order chi connectivity index (χ0) is 13.1. The Labute approximate surface area is 114 Å². The van der Waals surface area contributed by atoms with Crippen LogP contribution in [0.3, 0.4) is 0 Å². The molecule has 1 heterocycles. The van der Waals surface area contributed by atoms with Gasteiger partial charge in [0.2, 0.25) is 0 Å². The van der Waals surface area contributed by atoms with Crippen molar-refractivity contribution in [3.63, 3.8) is 0 Å². The van der Waals surface area contributed by atoms with E-state index in [1.165, 1.54) is 6.07 Å². The molecule has 0 bridgehead atoms. The lowest BCUT2D eigenvalue weighted by Gasteiger charge is -2.16. The van der Waals surface area contributed by atoms with Gasteiger partial charge in [0.1, 0.15) is 5.82 Å². The second-order valence-corrected chi connectivity index (χ2v) is 5.35. The van der Waals surface area contributed by atoms with Crippen LogP contribution in [0, 0.1) is 5.82 Å². The molecule has 0 spiro atoms. The van der Waals surface area contributed by atoms with Crippen molar-refractivity contribution in [1.82, 2.24) is 14.7 Å². The van der Waals surface area contributed by atoms with E-state index in [4.69, 9.17) is 0 Å². The Kier molecular flexibility index (Phi) is 4.14. The maximum absolute atomic E-state index is 13.7. The lowest BCUT2D eigenvalue weighted by Crippen LogP contribution is -2.17. The van der Waals surface area contributed by atoms with Crippen molar-refractivity contribution in [3.8, 4) is 0 Å². The van der Waals surface area contributed by atoms with Crippen molar-refractivity contribution < 1.29 is 4.39 Å². The van der Waals surface area contributed by atoms with Gasteiger partial charge >= 0.3 is 0 Å². The number of aryl methyl sites for hydroxylation is 1. The van der Waals surface area contributed by atoms with E-state index in [1.807, 2.05) is 32.6 Å². The normalized spacial score (nSPS) is 11.2. The van der Waals surface area contributed by atoms with E-state index in [1.54, 1.807) is 10.7 Å². The molecule has 1 aromatic carbocycles. The molecule has 0 aliphatic heterocycles. The summed E-state index contributed by atoms with van der Waals surface area (Å²) in [6, 6.07) is 5.16. The fraction of sp³-hybridized carbons (Fsp3) is 0.308. The first-order chi connectivity index (χ1) is 8.54. The molecule has 0 saturated heterocycles. The topological polar surface area (TPSA) is 21.1 Å². The minimum absolute atomic E-state index is 0.178. The minimum Gasteiger partial charge on any atom is -0.298 e. The number of halogens is 2. The van der Waals surface area contributed by atoms with E-state index in [9.17, 15) is 4.39 Å². The van der Waals surface area contributed by atoms with Crippen LogP contribution in [-0.2, 0) is 20.1 Å². The van der Waals surface area contributed by atoms with Gasteiger partial charge in [0.05, 0.1) is 6.20 Å². The van der Waals surface area contributed by atoms with Gasteiger partial charge in [-0.15, -0.1) is 0 Å². The number of aromatic nitrogens is 2. The molecule has 5 heteroatoms. The maximum Gasteiger partial charge on any atom is 0.128 e. The molecule has 96 valence electrons. The molecule has 1 aromatic heterocycles. The SMILES string of the molecule is CN(Cc1cnn(C)c1)Cc1ccc(Br)cc1F. The highest BCUT2D eigenvalue weighted by Crippen LogP contribution is 2.17. The van der Waals surface area contributed by atoms with Crippen LogP contribution in [0.25, 0.3) is 0 Å². The van der Waals surface area contributed by atoms with E-state index < -0.39 is 0 Å². The molecule has 0 N–H and O–H groups in total. The number of nitrogens with zero attached hydrogens (tertiary/aromatic N) is 3. The monoisotopic (exact) mass is 311 g/mol. The van der Waals surface area contributed by atoms with Gasteiger partial charge in [-0.05, 0) is 19.2 Å². The molecule has 0 aliphatic rings. The Morgan fingerprint density at radius 1 is 1.39 bits per heavy atom. The second kappa shape index (κ2) is 5.63. The maximum atomic E-state index is 13.7. The minimum atomic E-state index is -0.178. The van der Waals surface area contributed by atoms with Crippen LogP contribution in [0.1, 0.15) is 11.1 Å². The summed E-state index contributed by atoms with van der Waals surface area (Å²) >= 11 is 3.25. The molecular weight excluding hydrogens is 297 g/mol. The van der Waals surface area contributed by atoms with E-state index >= 15 is 0 Å². The summed E-state index contributed by atoms with van der Waals surface area (Å²) in [5, 5.41) is 4.12. The van der Waals surface area contributed by atoms with Crippen molar-refractivity contribution in [2.75, 3.05) is 7.05 Å². The zero-order valence-corrected chi connectivity index (χ0v) is 12.0. The Morgan fingerprint density at radius 2 is 2.17 bits per heavy atom. The van der Waals surface area contributed by atoms with Gasteiger partial charge in [-0.1, -0.05) is 22.0 Å². The van der Waals surface area contributed by atoms with Gasteiger partial charge in [0, 0.05) is 41.9 Å². The third-order valence-corrected chi connectivity index (χ3v) is 3.16. The molecule has 0 amide bonds. The Balaban J connectivity index is 2.00. The molecule has 3 nitrogen and oxygen atoms in total. The smallest absolute Gasteiger partial charge is 0.128 e. The van der Waals surface area contributed by atoms with Crippen LogP contribution in [-0.4, -0.2) is 21.7 Å². The summed E-state index contributed by atoms with van der Waals surface area (Å²) in [4.78, 5) is 2.06. The number of hydrogen-bond donors (Lipinski definition) is 0. The van der Waals surface area contributed by atoms with E-state index in [2.05, 4.69) is 25.9 Å². The summed E-state index contributed by atoms with van der Waals surface area (Å²) in [6.07, 6.45) is 3.79. The van der Waals surface area contributed by atoms with E-state index in [-0.39, 0.29) is 5.82 Å². The molecule has 0 unspecified atom stereocenters. The highest BCUT2D eigenvalue weighted by atomic mass is 79.9. The highest BCUT2D eigenvalue weighted by Gasteiger charge is 2.07. The third kappa shape index (κ3) is 3.40. The zero-order valence-electron chi connectivity index (χ0n) is 10.4. The van der Waals surface area contributed by atoms with E-state index in [0.717, 1.165) is 16.6 Å². The quantitative estimate of drug-likeness (QED) is 0.865. The molecule has 18 heavy (non-hydrogen) atoms. The Hall–Kier alpha value is -1.20. The van der Waals surface area contributed by atoms with Crippen LogP contribution >= 0.6 is 15.9 Å². The summed E-state index contributed by atoms with van der Waals surface area (Å²) in [5.74, 6) is -0.178. The lowest BCUT2D eigenvalue weighted by molar-refractivity contribution is 0.313. The summed E-state index contributed by atoms with van der Waals surface area (Å²) in [5.41, 5.74) is 1.82. The van der Waals surface area contributed by atoms with Crippen molar-refractivity contribution in [2.24, 2.45) is 7.05 Å². The predicted molar refractivity (Wildman–Crippen MR) is 72.5 cm³/mol. The van der Waals surface area contributed by atoms with Crippen LogP contribution in [0.15, 0.2) is 35.1 Å². The molecule has 0 radical (unpaired) electrons. The number of benzene rings is 1. The molecule has 2 rings (SSSR count). The molecule has 0 atom stereocenters. The number of hydrogen-bond acceptors (Lipinski definition) is 2. The lowest BCUT2D eigenvalue weighted by atomic mass is 10.2. The van der Waals surface area contributed by atoms with Crippen molar-refractivity contribution in [1.29, 1.82) is 0 Å². The van der Waals surface area contributed by atoms with Crippen molar-refractivity contribution >= 4 is 15.9 Å². The molecule has 2 aromatic rings. The second-order valence-electron chi connectivity index (χ2n) is 4.43. The van der Waals surface area contributed by atoms with Crippen LogP contribution in [0.5, 0.6) is 0 Å². The Bertz CT molecular complexity index is 539.